The van der Waals surface area contributed by atoms with Crippen LogP contribution in [0.25, 0.3) is 16.6 Å². The third-order valence-electron chi connectivity index (χ3n) is 4.11. The van der Waals surface area contributed by atoms with Gasteiger partial charge in [-0.05, 0) is 30.3 Å². The molecule has 4 rings (SSSR count). The summed E-state index contributed by atoms with van der Waals surface area (Å²) in [6.45, 7) is 0. The van der Waals surface area contributed by atoms with Crippen molar-refractivity contribution < 1.29 is 4.39 Å². The average Bonchev–Trinajstić information content (AvgIpc) is 3.07. The van der Waals surface area contributed by atoms with Gasteiger partial charge in [0, 0.05) is 23.7 Å². The van der Waals surface area contributed by atoms with Gasteiger partial charge in [0.05, 0.1) is 23.6 Å². The molecule has 5 nitrogen and oxygen atoms in total. The largest absolute Gasteiger partial charge is 0.307 e. The van der Waals surface area contributed by atoms with E-state index in [2.05, 4.69) is 15.1 Å². The number of hydrogen-bond donors (Lipinski definition) is 1. The van der Waals surface area contributed by atoms with E-state index in [0.29, 0.717) is 17.1 Å². The van der Waals surface area contributed by atoms with Crippen molar-refractivity contribution in [2.75, 3.05) is 0 Å². The van der Waals surface area contributed by atoms with E-state index in [0.717, 1.165) is 17.1 Å². The first-order valence-corrected chi connectivity index (χ1v) is 8.39. The molecule has 0 aliphatic rings. The van der Waals surface area contributed by atoms with Crippen molar-refractivity contribution in [1.29, 1.82) is 0 Å². The Balaban J connectivity index is 1.78. The van der Waals surface area contributed by atoms with Crippen LogP contribution in [0, 0.1) is 5.82 Å². The van der Waals surface area contributed by atoms with E-state index >= 15 is 0 Å². The first-order valence-electron chi connectivity index (χ1n) is 8.01. The molecule has 130 valence electrons. The van der Waals surface area contributed by atoms with Crippen LogP contribution < -0.4 is 5.73 Å². The van der Waals surface area contributed by atoms with Gasteiger partial charge in [-0.25, -0.2) is 9.07 Å². The molecule has 4 aromatic rings. The van der Waals surface area contributed by atoms with Gasteiger partial charge < -0.3 is 5.73 Å². The number of rotatable bonds is 4. The molecule has 3 aromatic heterocycles. The van der Waals surface area contributed by atoms with Crippen molar-refractivity contribution in [3.8, 4) is 5.69 Å². The number of nitrogens with two attached hydrogens (primary N) is 1. The quantitative estimate of drug-likeness (QED) is 0.442. The van der Waals surface area contributed by atoms with Crippen LogP contribution >= 0.6 is 11.6 Å². The van der Waals surface area contributed by atoms with E-state index in [1.54, 1.807) is 29.2 Å². The molecule has 2 N–H and O–H groups in total. The summed E-state index contributed by atoms with van der Waals surface area (Å²) in [5.41, 5.74) is 9.05. The molecule has 0 aliphatic heterocycles. The zero-order valence-electron chi connectivity index (χ0n) is 13.7. The first-order chi connectivity index (χ1) is 12.5. The predicted octanol–water partition coefficient (Wildman–Crippen LogP) is 3.55. The summed E-state index contributed by atoms with van der Waals surface area (Å²) in [4.78, 5) is 7.12. The lowest BCUT2D eigenvalue weighted by Crippen LogP contribution is -2.35. The van der Waals surface area contributed by atoms with Gasteiger partial charge in [0.25, 0.3) is 0 Å². The Kier molecular flexibility index (Phi) is 4.14. The highest BCUT2D eigenvalue weighted by molar-refractivity contribution is 6.23. The molecule has 7 heteroatoms. The van der Waals surface area contributed by atoms with Gasteiger partial charge in [0.15, 0.2) is 0 Å². The van der Waals surface area contributed by atoms with Crippen LogP contribution in [-0.2, 0) is 11.4 Å². The summed E-state index contributed by atoms with van der Waals surface area (Å²) in [7, 11) is 0. The Morgan fingerprint density at radius 3 is 2.69 bits per heavy atom. The van der Waals surface area contributed by atoms with E-state index in [4.69, 9.17) is 17.3 Å². The molecule has 0 aliphatic carbocycles. The maximum absolute atomic E-state index is 13.1. The lowest BCUT2D eigenvalue weighted by atomic mass is 10.0. The Morgan fingerprint density at radius 2 is 1.88 bits per heavy atom. The maximum atomic E-state index is 13.1. The number of benzene rings is 1. The molecular weight excluding hydrogens is 353 g/mol. The third-order valence-corrected chi connectivity index (χ3v) is 4.43. The third kappa shape index (κ3) is 3.05. The second-order valence-electron chi connectivity index (χ2n) is 5.99. The summed E-state index contributed by atoms with van der Waals surface area (Å²) in [6, 6.07) is 14.4. The summed E-state index contributed by atoms with van der Waals surface area (Å²) < 4.78 is 14.9. The summed E-state index contributed by atoms with van der Waals surface area (Å²) in [5.74, 6) is -0.410. The van der Waals surface area contributed by atoms with Gasteiger partial charge in [-0.15, -0.1) is 0 Å². The zero-order chi connectivity index (χ0) is 18.1. The summed E-state index contributed by atoms with van der Waals surface area (Å²) >= 11 is 6.65. The number of pyridine rings is 2. The molecule has 0 saturated heterocycles. The van der Waals surface area contributed by atoms with Crippen molar-refractivity contribution in [1.82, 2.24) is 19.7 Å². The Hall–Kier alpha value is -2.83. The normalized spacial score (nSPS) is 13.7. The Labute approximate surface area is 154 Å². The standard InChI is InChI=1S/C19H15ClFN5/c20-19(22,10-15-8-7-14(21)12-24-15)18-17(6-3-9-23-18)26-16-5-2-1-4-13(16)11-25-26/h1-9,11-12H,10,22H2/t19-/m1/s1. The molecule has 26 heavy (non-hydrogen) atoms. The molecule has 0 bridgehead atoms. The van der Waals surface area contributed by atoms with Crippen LogP contribution in [0.5, 0.6) is 0 Å². The number of fused-ring (bicyclic) bond motifs is 1. The maximum Gasteiger partial charge on any atom is 0.141 e. The number of nitrogens with zero attached hydrogens (tertiary/aromatic N) is 4. The van der Waals surface area contributed by atoms with Gasteiger partial charge in [-0.2, -0.15) is 5.10 Å². The van der Waals surface area contributed by atoms with Crippen LogP contribution in [0.3, 0.4) is 0 Å². The van der Waals surface area contributed by atoms with Gasteiger partial charge in [0.2, 0.25) is 0 Å². The number of hydrogen-bond acceptors (Lipinski definition) is 4. The molecule has 1 aromatic carbocycles. The molecule has 1 atom stereocenters. The lowest BCUT2D eigenvalue weighted by molar-refractivity contribution is 0.587. The topological polar surface area (TPSA) is 69.6 Å². The average molecular weight is 368 g/mol. The van der Waals surface area contributed by atoms with E-state index in [1.165, 1.54) is 6.07 Å². The minimum atomic E-state index is -1.32. The second kappa shape index (κ2) is 6.48. The second-order valence-corrected chi connectivity index (χ2v) is 6.67. The number of aromatic nitrogens is 4. The molecule has 0 radical (unpaired) electrons. The van der Waals surface area contributed by atoms with Crippen molar-refractivity contribution >= 4 is 22.5 Å². The zero-order valence-corrected chi connectivity index (χ0v) is 14.4. The smallest absolute Gasteiger partial charge is 0.141 e. The van der Waals surface area contributed by atoms with Gasteiger partial charge in [-0.1, -0.05) is 29.8 Å². The first kappa shape index (κ1) is 16.6. The van der Waals surface area contributed by atoms with Crippen LogP contribution in [0.4, 0.5) is 4.39 Å². The van der Waals surface area contributed by atoms with Crippen LogP contribution in [0.15, 0.2) is 67.1 Å². The van der Waals surface area contributed by atoms with Gasteiger partial charge in [-0.3, -0.25) is 9.97 Å². The fraction of sp³-hybridized carbons (Fsp3) is 0.105. The van der Waals surface area contributed by atoms with E-state index < -0.39 is 10.8 Å². The SMILES string of the molecule is N[C@](Cl)(Cc1ccc(F)cn1)c1ncccc1-n1ncc2ccccc21. The summed E-state index contributed by atoms with van der Waals surface area (Å²) in [6.07, 6.45) is 4.74. The molecule has 0 spiro atoms. The molecule has 0 fully saturated rings. The number of para-hydroxylation sites is 1. The highest BCUT2D eigenvalue weighted by Gasteiger charge is 2.31. The van der Waals surface area contributed by atoms with Crippen molar-refractivity contribution in [3.05, 3.63) is 84.3 Å². The lowest BCUT2D eigenvalue weighted by Gasteiger charge is -2.23. The Morgan fingerprint density at radius 1 is 1.04 bits per heavy atom. The molecular formula is C19H15ClFN5. The van der Waals surface area contributed by atoms with Crippen LogP contribution in [0.2, 0.25) is 0 Å². The molecule has 0 saturated carbocycles. The van der Waals surface area contributed by atoms with E-state index in [1.807, 2.05) is 30.3 Å². The van der Waals surface area contributed by atoms with Crippen LogP contribution in [-0.4, -0.2) is 19.7 Å². The monoisotopic (exact) mass is 367 g/mol. The number of alkyl halides is 1. The van der Waals surface area contributed by atoms with Crippen molar-refractivity contribution in [2.45, 2.75) is 11.4 Å². The van der Waals surface area contributed by atoms with E-state index in [9.17, 15) is 4.39 Å². The highest BCUT2D eigenvalue weighted by Crippen LogP contribution is 2.31. The Bertz CT molecular complexity index is 1060. The highest BCUT2D eigenvalue weighted by atomic mass is 35.5. The molecule has 0 unspecified atom stereocenters. The minimum Gasteiger partial charge on any atom is -0.307 e. The fourth-order valence-electron chi connectivity index (χ4n) is 2.91. The van der Waals surface area contributed by atoms with Crippen molar-refractivity contribution in [3.63, 3.8) is 0 Å². The molecule has 3 heterocycles. The van der Waals surface area contributed by atoms with Gasteiger partial charge in [0.1, 0.15) is 16.5 Å². The predicted molar refractivity (Wildman–Crippen MR) is 98.5 cm³/mol. The van der Waals surface area contributed by atoms with Crippen molar-refractivity contribution in [2.24, 2.45) is 5.73 Å². The van der Waals surface area contributed by atoms with Crippen LogP contribution in [0.1, 0.15) is 11.4 Å². The fourth-order valence-corrected chi connectivity index (χ4v) is 3.19. The number of halogens is 2. The van der Waals surface area contributed by atoms with Gasteiger partial charge >= 0.3 is 0 Å². The minimum absolute atomic E-state index is 0.193. The molecule has 0 amide bonds. The van der Waals surface area contributed by atoms with E-state index in [-0.39, 0.29) is 6.42 Å². The summed E-state index contributed by atoms with van der Waals surface area (Å²) in [5, 5.41) is 5.46.